The SMILES string of the molecule is CCc1ccccc1OCCNC(=O)NCc1ccccc1C. The summed E-state index contributed by atoms with van der Waals surface area (Å²) >= 11 is 0. The van der Waals surface area contributed by atoms with Crippen LogP contribution in [-0.2, 0) is 13.0 Å². The first kappa shape index (κ1) is 16.9. The highest BCUT2D eigenvalue weighted by molar-refractivity contribution is 5.73. The van der Waals surface area contributed by atoms with E-state index in [4.69, 9.17) is 4.74 Å². The van der Waals surface area contributed by atoms with Crippen LogP contribution in [0.3, 0.4) is 0 Å². The molecule has 0 aromatic heterocycles. The molecule has 4 heteroatoms. The Morgan fingerprint density at radius 2 is 1.70 bits per heavy atom. The number of hydrogen-bond donors (Lipinski definition) is 2. The quantitative estimate of drug-likeness (QED) is 0.770. The fourth-order valence-corrected chi connectivity index (χ4v) is 2.31. The molecule has 0 saturated carbocycles. The fraction of sp³-hybridized carbons (Fsp3) is 0.316. The Bertz CT molecular complexity index is 641. The molecule has 0 aliphatic heterocycles. The van der Waals surface area contributed by atoms with Crippen molar-refractivity contribution >= 4 is 6.03 Å². The van der Waals surface area contributed by atoms with E-state index in [2.05, 4.69) is 23.6 Å². The van der Waals surface area contributed by atoms with Crippen LogP contribution < -0.4 is 15.4 Å². The first-order valence-electron chi connectivity index (χ1n) is 7.97. The van der Waals surface area contributed by atoms with Gasteiger partial charge in [0, 0.05) is 6.54 Å². The maximum Gasteiger partial charge on any atom is 0.315 e. The normalized spacial score (nSPS) is 10.2. The number of benzene rings is 2. The molecule has 0 unspecified atom stereocenters. The summed E-state index contributed by atoms with van der Waals surface area (Å²) in [6, 6.07) is 15.8. The van der Waals surface area contributed by atoms with Gasteiger partial charge >= 0.3 is 6.03 Å². The number of urea groups is 1. The number of aryl methyl sites for hydroxylation is 2. The van der Waals surface area contributed by atoms with Gasteiger partial charge in [-0.25, -0.2) is 4.79 Å². The lowest BCUT2D eigenvalue weighted by molar-refractivity contribution is 0.236. The first-order chi connectivity index (χ1) is 11.2. The summed E-state index contributed by atoms with van der Waals surface area (Å²) in [5.74, 6) is 0.886. The highest BCUT2D eigenvalue weighted by atomic mass is 16.5. The number of nitrogens with one attached hydrogen (secondary N) is 2. The van der Waals surface area contributed by atoms with Gasteiger partial charge in [0.1, 0.15) is 12.4 Å². The summed E-state index contributed by atoms with van der Waals surface area (Å²) < 4.78 is 5.72. The van der Waals surface area contributed by atoms with Crippen molar-refractivity contribution in [1.82, 2.24) is 10.6 Å². The Morgan fingerprint density at radius 1 is 1.00 bits per heavy atom. The molecule has 0 fully saturated rings. The van der Waals surface area contributed by atoms with Crippen LogP contribution in [0.4, 0.5) is 4.79 Å². The summed E-state index contributed by atoms with van der Waals surface area (Å²) in [6.07, 6.45) is 0.931. The van der Waals surface area contributed by atoms with Gasteiger partial charge in [0.25, 0.3) is 0 Å². The Balaban J connectivity index is 1.68. The van der Waals surface area contributed by atoms with Crippen molar-refractivity contribution in [2.45, 2.75) is 26.8 Å². The van der Waals surface area contributed by atoms with Crippen LogP contribution >= 0.6 is 0 Å². The lowest BCUT2D eigenvalue weighted by Crippen LogP contribution is -2.37. The molecular formula is C19H24N2O2. The average Bonchev–Trinajstić information content (AvgIpc) is 2.58. The van der Waals surface area contributed by atoms with Crippen LogP contribution in [-0.4, -0.2) is 19.2 Å². The number of carbonyl (C=O) groups is 1. The first-order valence-corrected chi connectivity index (χ1v) is 7.97. The van der Waals surface area contributed by atoms with Gasteiger partial charge in [0.05, 0.1) is 6.54 Å². The minimum atomic E-state index is -0.180. The average molecular weight is 312 g/mol. The third-order valence-corrected chi connectivity index (χ3v) is 3.70. The Hall–Kier alpha value is -2.49. The lowest BCUT2D eigenvalue weighted by atomic mass is 10.1. The molecule has 0 atom stereocenters. The van der Waals surface area contributed by atoms with Crippen molar-refractivity contribution in [2.75, 3.05) is 13.2 Å². The fourth-order valence-electron chi connectivity index (χ4n) is 2.31. The minimum absolute atomic E-state index is 0.180. The summed E-state index contributed by atoms with van der Waals surface area (Å²) in [5, 5.41) is 5.66. The maximum absolute atomic E-state index is 11.8. The summed E-state index contributed by atoms with van der Waals surface area (Å²) in [5.41, 5.74) is 3.47. The summed E-state index contributed by atoms with van der Waals surface area (Å²) in [6.45, 7) is 5.58. The number of carbonyl (C=O) groups excluding carboxylic acids is 1. The van der Waals surface area contributed by atoms with Crippen molar-refractivity contribution in [2.24, 2.45) is 0 Å². The molecule has 2 aromatic carbocycles. The second kappa shape index (κ2) is 8.83. The van der Waals surface area contributed by atoms with Crippen LogP contribution in [0.15, 0.2) is 48.5 Å². The number of para-hydroxylation sites is 1. The summed E-state index contributed by atoms with van der Waals surface area (Å²) in [4.78, 5) is 11.8. The molecule has 0 heterocycles. The minimum Gasteiger partial charge on any atom is -0.491 e. The van der Waals surface area contributed by atoms with E-state index in [9.17, 15) is 4.79 Å². The van der Waals surface area contributed by atoms with Gasteiger partial charge in [-0.1, -0.05) is 49.4 Å². The molecule has 2 N–H and O–H groups in total. The lowest BCUT2D eigenvalue weighted by Gasteiger charge is -2.12. The van der Waals surface area contributed by atoms with Crippen molar-refractivity contribution in [3.05, 3.63) is 65.2 Å². The zero-order valence-electron chi connectivity index (χ0n) is 13.8. The van der Waals surface area contributed by atoms with Crippen molar-refractivity contribution in [3.8, 4) is 5.75 Å². The molecule has 0 aliphatic carbocycles. The molecule has 23 heavy (non-hydrogen) atoms. The van der Waals surface area contributed by atoms with Crippen LogP contribution in [0, 0.1) is 6.92 Å². The van der Waals surface area contributed by atoms with Gasteiger partial charge in [0.2, 0.25) is 0 Å². The number of ether oxygens (including phenoxy) is 1. The third-order valence-electron chi connectivity index (χ3n) is 3.70. The molecule has 0 radical (unpaired) electrons. The molecule has 0 saturated heterocycles. The van der Waals surface area contributed by atoms with E-state index in [1.807, 2.05) is 49.4 Å². The zero-order chi connectivity index (χ0) is 16.5. The second-order valence-electron chi connectivity index (χ2n) is 5.35. The molecule has 2 aromatic rings. The van der Waals surface area contributed by atoms with E-state index in [0.717, 1.165) is 17.7 Å². The molecular weight excluding hydrogens is 288 g/mol. The van der Waals surface area contributed by atoms with Crippen molar-refractivity contribution < 1.29 is 9.53 Å². The van der Waals surface area contributed by atoms with Crippen LogP contribution in [0.2, 0.25) is 0 Å². The van der Waals surface area contributed by atoms with Crippen molar-refractivity contribution in [1.29, 1.82) is 0 Å². The van der Waals surface area contributed by atoms with E-state index >= 15 is 0 Å². The van der Waals surface area contributed by atoms with Gasteiger partial charge in [-0.2, -0.15) is 0 Å². The maximum atomic E-state index is 11.8. The Morgan fingerprint density at radius 3 is 2.43 bits per heavy atom. The molecule has 2 amide bonds. The smallest absolute Gasteiger partial charge is 0.315 e. The largest absolute Gasteiger partial charge is 0.491 e. The van der Waals surface area contributed by atoms with E-state index < -0.39 is 0 Å². The van der Waals surface area contributed by atoms with E-state index in [0.29, 0.717) is 19.7 Å². The van der Waals surface area contributed by atoms with Crippen molar-refractivity contribution in [3.63, 3.8) is 0 Å². The van der Waals surface area contributed by atoms with Gasteiger partial charge in [-0.3, -0.25) is 0 Å². The summed E-state index contributed by atoms with van der Waals surface area (Å²) in [7, 11) is 0. The molecule has 2 rings (SSSR count). The zero-order valence-corrected chi connectivity index (χ0v) is 13.8. The molecule has 0 bridgehead atoms. The van der Waals surface area contributed by atoms with E-state index in [-0.39, 0.29) is 6.03 Å². The predicted octanol–water partition coefficient (Wildman–Crippen LogP) is 3.44. The van der Waals surface area contributed by atoms with Gasteiger partial charge in [-0.05, 0) is 36.1 Å². The van der Waals surface area contributed by atoms with Gasteiger partial charge < -0.3 is 15.4 Å². The second-order valence-corrected chi connectivity index (χ2v) is 5.35. The molecule has 0 aliphatic rings. The van der Waals surface area contributed by atoms with Crippen LogP contribution in [0.25, 0.3) is 0 Å². The van der Waals surface area contributed by atoms with Gasteiger partial charge in [-0.15, -0.1) is 0 Å². The number of hydrogen-bond acceptors (Lipinski definition) is 2. The highest BCUT2D eigenvalue weighted by Crippen LogP contribution is 2.17. The van der Waals surface area contributed by atoms with Crippen LogP contribution in [0.5, 0.6) is 5.75 Å². The predicted molar refractivity (Wildman–Crippen MR) is 92.7 cm³/mol. The van der Waals surface area contributed by atoms with E-state index in [1.165, 1.54) is 11.1 Å². The van der Waals surface area contributed by atoms with Crippen LogP contribution in [0.1, 0.15) is 23.6 Å². The highest BCUT2D eigenvalue weighted by Gasteiger charge is 2.03. The molecule has 0 spiro atoms. The monoisotopic (exact) mass is 312 g/mol. The Kier molecular flexibility index (Phi) is 6.48. The number of amides is 2. The Labute approximate surface area is 137 Å². The number of rotatable bonds is 7. The standard InChI is InChI=1S/C19H24N2O2/c1-3-16-9-6-7-11-18(16)23-13-12-20-19(22)21-14-17-10-5-4-8-15(17)2/h4-11H,3,12-14H2,1-2H3,(H2,20,21,22). The van der Waals surface area contributed by atoms with E-state index in [1.54, 1.807) is 0 Å². The van der Waals surface area contributed by atoms with Gasteiger partial charge in [0.15, 0.2) is 0 Å². The molecule has 122 valence electrons. The molecule has 4 nitrogen and oxygen atoms in total. The third kappa shape index (κ3) is 5.33. The topological polar surface area (TPSA) is 50.4 Å².